The highest BCUT2D eigenvalue weighted by molar-refractivity contribution is 6.31. The number of aromatic amines is 1. The van der Waals surface area contributed by atoms with E-state index in [1.54, 1.807) is 17.9 Å². The fourth-order valence-electron chi connectivity index (χ4n) is 5.61. The second-order valence-corrected chi connectivity index (χ2v) is 10.3. The highest BCUT2D eigenvalue weighted by atomic mass is 35.5. The van der Waals surface area contributed by atoms with Crippen LogP contribution in [0.4, 0.5) is 8.78 Å². The summed E-state index contributed by atoms with van der Waals surface area (Å²) < 4.78 is 36.6. The topological polar surface area (TPSA) is 132 Å². The Morgan fingerprint density at radius 1 is 1.22 bits per heavy atom. The monoisotopic (exact) mass is 580 g/mol. The van der Waals surface area contributed by atoms with Gasteiger partial charge in [-0.2, -0.15) is 4.68 Å². The molecule has 0 bridgehead atoms. The predicted molar refractivity (Wildman–Crippen MR) is 142 cm³/mol. The Hall–Kier alpha value is -4.52. The maximum atomic E-state index is 15.4. The quantitative estimate of drug-likeness (QED) is 0.339. The average Bonchev–Trinajstić information content (AvgIpc) is 3.71. The van der Waals surface area contributed by atoms with Gasteiger partial charge in [0.2, 0.25) is 5.91 Å². The number of fused-ring (bicyclic) bond motifs is 1. The smallest absolute Gasteiger partial charge is 0.311 e. The standard InChI is InChI=1S/C27H23ClF2N8O3/c1-13-26(16-7-8-31-18(24(16)29)11-22(40)41-2)34-27(33-13)20-5-3-15-9-14(10-21(39)38(15)20)23-19(37-12-32-35-36-37)6-4-17(28)25(23)30/h4,6-8,10,12,15,20H,3,5,9,11H2,1-2H3,(H,33,34)/t15-,20?/m1/s1. The second-order valence-electron chi connectivity index (χ2n) is 9.84. The Bertz CT molecular complexity index is 1700. The molecule has 1 N–H and O–H groups in total. The van der Waals surface area contributed by atoms with Crippen molar-refractivity contribution in [2.75, 3.05) is 7.11 Å². The lowest BCUT2D eigenvalue weighted by atomic mass is 9.92. The molecule has 1 saturated heterocycles. The molecule has 1 amide bonds. The highest BCUT2D eigenvalue weighted by Gasteiger charge is 2.42. The fraction of sp³-hybridized carbons (Fsp3) is 0.296. The molecule has 0 spiro atoms. The van der Waals surface area contributed by atoms with Gasteiger partial charge in [0.25, 0.3) is 0 Å². The van der Waals surface area contributed by atoms with Crippen LogP contribution in [0.1, 0.15) is 48.1 Å². The molecule has 41 heavy (non-hydrogen) atoms. The number of carbonyl (C=O) groups is 2. The van der Waals surface area contributed by atoms with Gasteiger partial charge in [0.1, 0.15) is 12.2 Å². The number of nitrogens with one attached hydrogen (secondary N) is 1. The largest absolute Gasteiger partial charge is 0.469 e. The van der Waals surface area contributed by atoms with E-state index in [1.807, 2.05) is 0 Å². The second kappa shape index (κ2) is 10.5. The minimum atomic E-state index is -0.660. The van der Waals surface area contributed by atoms with E-state index in [-0.39, 0.29) is 46.3 Å². The van der Waals surface area contributed by atoms with Crippen LogP contribution >= 0.6 is 11.6 Å². The van der Waals surface area contributed by atoms with E-state index in [0.29, 0.717) is 47.7 Å². The van der Waals surface area contributed by atoms with E-state index in [2.05, 4.69) is 35.2 Å². The van der Waals surface area contributed by atoms with Gasteiger partial charge in [-0.05, 0) is 60.4 Å². The Morgan fingerprint density at radius 3 is 2.80 bits per heavy atom. The van der Waals surface area contributed by atoms with Crippen LogP contribution in [0.5, 0.6) is 0 Å². The zero-order valence-corrected chi connectivity index (χ0v) is 22.7. The van der Waals surface area contributed by atoms with Gasteiger partial charge in [0.15, 0.2) is 11.6 Å². The number of benzene rings is 1. The maximum absolute atomic E-state index is 15.4. The summed E-state index contributed by atoms with van der Waals surface area (Å²) in [6, 6.07) is 3.91. The molecular weight excluding hydrogens is 558 g/mol. The van der Waals surface area contributed by atoms with Gasteiger partial charge in [0, 0.05) is 35.1 Å². The lowest BCUT2D eigenvalue weighted by Gasteiger charge is -2.33. The van der Waals surface area contributed by atoms with E-state index >= 15 is 8.78 Å². The summed E-state index contributed by atoms with van der Waals surface area (Å²) in [4.78, 5) is 38.8. The number of tetrazole rings is 1. The first-order chi connectivity index (χ1) is 19.8. The number of aromatic nitrogens is 7. The Morgan fingerprint density at radius 2 is 2.05 bits per heavy atom. The van der Waals surface area contributed by atoms with Crippen LogP contribution in [0, 0.1) is 18.6 Å². The molecule has 5 heterocycles. The number of amides is 1. The van der Waals surface area contributed by atoms with Crippen molar-refractivity contribution in [3.8, 4) is 16.9 Å². The molecular formula is C27H23ClF2N8O3. The molecule has 0 saturated carbocycles. The van der Waals surface area contributed by atoms with Crippen LogP contribution in [-0.4, -0.2) is 65.1 Å². The van der Waals surface area contributed by atoms with Gasteiger partial charge in [0.05, 0.1) is 41.7 Å². The van der Waals surface area contributed by atoms with Gasteiger partial charge in [-0.3, -0.25) is 14.6 Å². The summed E-state index contributed by atoms with van der Waals surface area (Å²) in [6.45, 7) is 1.76. The van der Waals surface area contributed by atoms with Gasteiger partial charge in [-0.1, -0.05) is 11.6 Å². The van der Waals surface area contributed by atoms with Gasteiger partial charge in [-0.15, -0.1) is 5.10 Å². The molecule has 2 aliphatic heterocycles. The molecule has 1 aromatic carbocycles. The number of rotatable bonds is 6. The maximum Gasteiger partial charge on any atom is 0.311 e. The van der Waals surface area contributed by atoms with Crippen molar-refractivity contribution in [1.82, 2.24) is 40.1 Å². The molecule has 0 radical (unpaired) electrons. The van der Waals surface area contributed by atoms with Crippen molar-refractivity contribution in [1.29, 1.82) is 0 Å². The number of H-pyrrole nitrogens is 1. The number of esters is 1. The minimum absolute atomic E-state index is 0.0441. The predicted octanol–water partition coefficient (Wildman–Crippen LogP) is 3.92. The number of ether oxygens (including phenoxy) is 1. The zero-order chi connectivity index (χ0) is 28.8. The van der Waals surface area contributed by atoms with Crippen molar-refractivity contribution in [2.45, 2.75) is 44.7 Å². The number of hydrogen-bond acceptors (Lipinski definition) is 8. The summed E-state index contributed by atoms with van der Waals surface area (Å²) in [7, 11) is 1.22. The molecule has 3 aromatic heterocycles. The lowest BCUT2D eigenvalue weighted by Crippen LogP contribution is -2.39. The number of hydrogen-bond donors (Lipinski definition) is 1. The van der Waals surface area contributed by atoms with Crippen LogP contribution < -0.4 is 0 Å². The number of aryl methyl sites for hydroxylation is 1. The van der Waals surface area contributed by atoms with Crippen LogP contribution in [0.15, 0.2) is 36.8 Å². The number of imidazole rings is 1. The fourth-order valence-corrected chi connectivity index (χ4v) is 5.77. The third kappa shape index (κ3) is 4.65. The number of nitrogens with zero attached hydrogens (tertiary/aromatic N) is 7. The zero-order valence-electron chi connectivity index (χ0n) is 21.9. The molecule has 4 aromatic rings. The summed E-state index contributed by atoms with van der Waals surface area (Å²) >= 11 is 6.11. The molecule has 2 atom stereocenters. The molecule has 0 aliphatic carbocycles. The summed E-state index contributed by atoms with van der Waals surface area (Å²) in [5.74, 6) is -1.71. The molecule has 210 valence electrons. The van der Waals surface area contributed by atoms with Gasteiger partial charge in [-0.25, -0.2) is 13.8 Å². The van der Waals surface area contributed by atoms with Crippen molar-refractivity contribution in [2.24, 2.45) is 0 Å². The minimum Gasteiger partial charge on any atom is -0.469 e. The van der Waals surface area contributed by atoms with E-state index in [9.17, 15) is 9.59 Å². The van der Waals surface area contributed by atoms with Crippen molar-refractivity contribution >= 4 is 29.1 Å². The van der Waals surface area contributed by atoms with E-state index in [0.717, 1.165) is 0 Å². The third-order valence-electron chi connectivity index (χ3n) is 7.47. The Balaban J connectivity index is 1.32. The van der Waals surface area contributed by atoms with E-state index < -0.39 is 17.6 Å². The van der Waals surface area contributed by atoms with Crippen molar-refractivity contribution < 1.29 is 23.1 Å². The first-order valence-corrected chi connectivity index (χ1v) is 13.2. The third-order valence-corrected chi connectivity index (χ3v) is 7.77. The summed E-state index contributed by atoms with van der Waals surface area (Å²) in [6.07, 6.45) is 5.50. The number of methoxy groups -OCH3 is 1. The Labute approximate surface area is 237 Å². The van der Waals surface area contributed by atoms with E-state index in [4.69, 9.17) is 11.6 Å². The van der Waals surface area contributed by atoms with E-state index in [1.165, 1.54) is 42.5 Å². The molecule has 1 unspecified atom stereocenters. The first-order valence-electron chi connectivity index (χ1n) is 12.8. The van der Waals surface area contributed by atoms with Crippen LogP contribution in [0.3, 0.4) is 0 Å². The lowest BCUT2D eigenvalue weighted by molar-refractivity contribution is -0.140. The number of carbonyl (C=O) groups excluding carboxylic acids is 2. The SMILES string of the molecule is COC(=O)Cc1nccc(-c2nc(C3CC[C@@H]4CC(c5c(-n6cnnn6)ccc(Cl)c5F)=CC(=O)N34)[nH]c2C)c1F. The first kappa shape index (κ1) is 26.7. The number of pyridine rings is 1. The van der Waals surface area contributed by atoms with Gasteiger partial charge < -0.3 is 14.6 Å². The van der Waals surface area contributed by atoms with Crippen molar-refractivity contribution in [3.05, 3.63) is 76.2 Å². The average molecular weight is 581 g/mol. The van der Waals surface area contributed by atoms with Crippen LogP contribution in [0.25, 0.3) is 22.5 Å². The molecule has 11 nitrogen and oxygen atoms in total. The van der Waals surface area contributed by atoms with Crippen molar-refractivity contribution in [3.63, 3.8) is 0 Å². The molecule has 2 aliphatic rings. The summed E-state index contributed by atoms with van der Waals surface area (Å²) in [5.41, 5.74) is 2.15. The normalized spacial score (nSPS) is 18.4. The molecule has 6 rings (SSSR count). The number of halogens is 3. The van der Waals surface area contributed by atoms with Crippen LogP contribution in [-0.2, 0) is 20.7 Å². The molecule has 1 fully saturated rings. The highest BCUT2D eigenvalue weighted by Crippen LogP contribution is 2.44. The summed E-state index contributed by atoms with van der Waals surface area (Å²) in [5, 5.41) is 11.1. The van der Waals surface area contributed by atoms with Gasteiger partial charge >= 0.3 is 5.97 Å². The van der Waals surface area contributed by atoms with Crippen LogP contribution in [0.2, 0.25) is 5.02 Å². The molecule has 14 heteroatoms. The Kier molecular flexibility index (Phi) is 6.81.